The molecule has 1 unspecified atom stereocenters. The van der Waals surface area contributed by atoms with Crippen LogP contribution in [0.5, 0.6) is 0 Å². The predicted molar refractivity (Wildman–Crippen MR) is 171 cm³/mol. The van der Waals surface area contributed by atoms with Crippen LogP contribution < -0.4 is 16.0 Å². The van der Waals surface area contributed by atoms with Crippen molar-refractivity contribution < 1.29 is 14.4 Å². The van der Waals surface area contributed by atoms with Crippen molar-refractivity contribution >= 4 is 62.9 Å². The van der Waals surface area contributed by atoms with Crippen LogP contribution in [0.1, 0.15) is 34.0 Å². The molecule has 0 saturated heterocycles. The molecule has 208 valence electrons. The molecule has 0 aliphatic rings. The lowest BCUT2D eigenvalue weighted by molar-refractivity contribution is -0.115. The molecule has 0 aromatic heterocycles. The molecule has 0 bridgehead atoms. The van der Waals surface area contributed by atoms with Crippen LogP contribution in [0.4, 0.5) is 11.4 Å². The van der Waals surface area contributed by atoms with Crippen LogP contribution in [-0.2, 0) is 9.59 Å². The highest BCUT2D eigenvalue weighted by Crippen LogP contribution is 2.27. The first kappa shape index (κ1) is 29.8. The van der Waals surface area contributed by atoms with Gasteiger partial charge in [-0.3, -0.25) is 14.4 Å². The first-order chi connectivity index (χ1) is 19.7. The smallest absolute Gasteiger partial charge is 0.272 e. The van der Waals surface area contributed by atoms with E-state index < -0.39 is 5.91 Å². The number of carbonyl (C=O) groups excluding carboxylic acids is 3. The van der Waals surface area contributed by atoms with E-state index in [4.69, 9.17) is 0 Å². The minimum atomic E-state index is -0.459. The average molecular weight is 629 g/mol. The topological polar surface area (TPSA) is 87.3 Å². The summed E-state index contributed by atoms with van der Waals surface area (Å²) in [5.41, 5.74) is 4.77. The van der Waals surface area contributed by atoms with E-state index in [0.29, 0.717) is 11.3 Å². The number of thioether (sulfide) groups is 1. The quantitative estimate of drug-likeness (QED) is 0.132. The summed E-state index contributed by atoms with van der Waals surface area (Å²) in [5.74, 6) is -0.930. The molecule has 4 aromatic rings. The molecule has 0 aliphatic carbocycles. The number of anilines is 2. The summed E-state index contributed by atoms with van der Waals surface area (Å²) < 4.78 is 0.906. The molecule has 0 aliphatic heterocycles. The SMILES string of the molecule is Cc1ccc(C)c(NC(=O)C(C)Sc2ccc(NC(=O)/C(=C/c3ccc(Br)cc3)NC(=O)c3ccccc3)cc2)c1. The van der Waals surface area contributed by atoms with E-state index in [2.05, 4.69) is 31.9 Å². The van der Waals surface area contributed by atoms with Gasteiger partial charge in [-0.2, -0.15) is 0 Å². The van der Waals surface area contributed by atoms with E-state index in [1.165, 1.54) is 11.8 Å². The third-order valence-electron chi connectivity index (χ3n) is 6.16. The molecule has 4 aromatic carbocycles. The van der Waals surface area contributed by atoms with Gasteiger partial charge in [0, 0.05) is 26.3 Å². The van der Waals surface area contributed by atoms with Crippen LogP contribution >= 0.6 is 27.7 Å². The second kappa shape index (κ2) is 14.0. The van der Waals surface area contributed by atoms with E-state index in [1.807, 2.05) is 81.4 Å². The second-order valence-electron chi connectivity index (χ2n) is 9.48. The van der Waals surface area contributed by atoms with E-state index >= 15 is 0 Å². The zero-order valence-corrected chi connectivity index (χ0v) is 25.3. The van der Waals surface area contributed by atoms with Crippen LogP contribution in [0, 0.1) is 13.8 Å². The van der Waals surface area contributed by atoms with Crippen LogP contribution in [-0.4, -0.2) is 23.0 Å². The van der Waals surface area contributed by atoms with Crippen molar-refractivity contribution in [1.29, 1.82) is 0 Å². The van der Waals surface area contributed by atoms with Crippen molar-refractivity contribution in [3.05, 3.63) is 129 Å². The molecule has 6 nitrogen and oxygen atoms in total. The molecule has 3 N–H and O–H groups in total. The molecule has 0 radical (unpaired) electrons. The van der Waals surface area contributed by atoms with Crippen molar-refractivity contribution in [3.63, 3.8) is 0 Å². The second-order valence-corrected chi connectivity index (χ2v) is 11.8. The fourth-order valence-electron chi connectivity index (χ4n) is 3.85. The summed E-state index contributed by atoms with van der Waals surface area (Å²) in [7, 11) is 0. The number of benzene rings is 4. The Morgan fingerprint density at radius 1 is 0.829 bits per heavy atom. The van der Waals surface area contributed by atoms with Crippen molar-refractivity contribution in [2.24, 2.45) is 0 Å². The Balaban J connectivity index is 1.43. The zero-order chi connectivity index (χ0) is 29.4. The number of hydrogen-bond donors (Lipinski definition) is 3. The third kappa shape index (κ3) is 8.67. The Kier molecular flexibility index (Phi) is 10.2. The normalized spacial score (nSPS) is 11.9. The zero-order valence-electron chi connectivity index (χ0n) is 22.9. The molecule has 0 spiro atoms. The average Bonchev–Trinajstić information content (AvgIpc) is 2.97. The van der Waals surface area contributed by atoms with Gasteiger partial charge in [-0.1, -0.05) is 58.4 Å². The van der Waals surface area contributed by atoms with Crippen molar-refractivity contribution in [2.45, 2.75) is 30.9 Å². The van der Waals surface area contributed by atoms with E-state index in [0.717, 1.165) is 31.7 Å². The van der Waals surface area contributed by atoms with Crippen LogP contribution in [0.2, 0.25) is 0 Å². The Bertz CT molecular complexity index is 1570. The fourth-order valence-corrected chi connectivity index (χ4v) is 4.98. The Morgan fingerprint density at radius 3 is 2.20 bits per heavy atom. The van der Waals surface area contributed by atoms with Gasteiger partial charge in [0.25, 0.3) is 11.8 Å². The van der Waals surface area contributed by atoms with E-state index in [1.54, 1.807) is 42.5 Å². The van der Waals surface area contributed by atoms with Gasteiger partial charge in [0.1, 0.15) is 5.70 Å². The maximum Gasteiger partial charge on any atom is 0.272 e. The minimum Gasteiger partial charge on any atom is -0.325 e. The molecular weight excluding hydrogens is 598 g/mol. The van der Waals surface area contributed by atoms with Gasteiger partial charge in [-0.15, -0.1) is 11.8 Å². The number of aryl methyl sites for hydroxylation is 2. The standard InChI is InChI=1S/C33H30BrN3O3S/c1-21-9-10-22(2)29(19-21)36-31(38)23(3)41-28-17-15-27(16-18-28)35-33(40)30(20-24-11-13-26(34)14-12-24)37-32(39)25-7-5-4-6-8-25/h4-20,23H,1-3H3,(H,35,40)(H,36,38)(H,37,39)/b30-20-. The molecule has 1 atom stereocenters. The Hall–Kier alpha value is -4.14. The largest absolute Gasteiger partial charge is 0.325 e. The maximum atomic E-state index is 13.3. The first-order valence-electron chi connectivity index (χ1n) is 13.0. The van der Waals surface area contributed by atoms with Crippen LogP contribution in [0.15, 0.2) is 112 Å². The number of halogens is 1. The van der Waals surface area contributed by atoms with Gasteiger partial charge in [0.05, 0.1) is 5.25 Å². The molecule has 0 fully saturated rings. The lowest BCUT2D eigenvalue weighted by atomic mass is 10.1. The molecule has 4 rings (SSSR count). The van der Waals surface area contributed by atoms with Gasteiger partial charge >= 0.3 is 0 Å². The van der Waals surface area contributed by atoms with E-state index in [9.17, 15) is 14.4 Å². The number of amides is 3. The van der Waals surface area contributed by atoms with Gasteiger partial charge in [-0.25, -0.2) is 0 Å². The number of hydrogen-bond acceptors (Lipinski definition) is 4. The van der Waals surface area contributed by atoms with Gasteiger partial charge < -0.3 is 16.0 Å². The maximum absolute atomic E-state index is 13.3. The number of nitrogens with one attached hydrogen (secondary N) is 3. The molecule has 3 amide bonds. The van der Waals surface area contributed by atoms with Gasteiger partial charge in [0.2, 0.25) is 5.91 Å². The van der Waals surface area contributed by atoms with Crippen molar-refractivity contribution in [1.82, 2.24) is 5.32 Å². The van der Waals surface area contributed by atoms with Crippen molar-refractivity contribution in [3.8, 4) is 0 Å². The van der Waals surface area contributed by atoms with Gasteiger partial charge in [-0.05, 0) is 98.1 Å². The minimum absolute atomic E-state index is 0.0852. The highest BCUT2D eigenvalue weighted by molar-refractivity contribution is 9.10. The summed E-state index contributed by atoms with van der Waals surface area (Å²) in [6.07, 6.45) is 1.63. The predicted octanol–water partition coefficient (Wildman–Crippen LogP) is 7.59. The summed E-state index contributed by atoms with van der Waals surface area (Å²) in [4.78, 5) is 39.8. The number of rotatable bonds is 9. The Labute approximate surface area is 252 Å². The van der Waals surface area contributed by atoms with Crippen molar-refractivity contribution in [2.75, 3.05) is 10.6 Å². The Morgan fingerprint density at radius 2 is 1.51 bits per heavy atom. The monoisotopic (exact) mass is 627 g/mol. The molecule has 8 heteroatoms. The highest BCUT2D eigenvalue weighted by atomic mass is 79.9. The lowest BCUT2D eigenvalue weighted by Crippen LogP contribution is -2.30. The van der Waals surface area contributed by atoms with Gasteiger partial charge in [0.15, 0.2) is 0 Å². The first-order valence-corrected chi connectivity index (χ1v) is 14.6. The summed E-state index contributed by atoms with van der Waals surface area (Å²) in [6, 6.07) is 29.3. The fraction of sp³-hybridized carbons (Fsp3) is 0.121. The molecule has 41 heavy (non-hydrogen) atoms. The lowest BCUT2D eigenvalue weighted by Gasteiger charge is -2.15. The summed E-state index contributed by atoms with van der Waals surface area (Å²) >= 11 is 4.84. The van der Waals surface area contributed by atoms with Crippen LogP contribution in [0.25, 0.3) is 6.08 Å². The summed E-state index contributed by atoms with van der Waals surface area (Å²) in [5, 5.41) is 8.28. The van der Waals surface area contributed by atoms with Crippen LogP contribution in [0.3, 0.4) is 0 Å². The van der Waals surface area contributed by atoms with E-state index in [-0.39, 0.29) is 22.8 Å². The summed E-state index contributed by atoms with van der Waals surface area (Å²) in [6.45, 7) is 5.81. The molecule has 0 heterocycles. The molecule has 0 saturated carbocycles. The highest BCUT2D eigenvalue weighted by Gasteiger charge is 2.17. The third-order valence-corrected chi connectivity index (χ3v) is 7.80. The molecular formula is C33H30BrN3O3S. The number of carbonyl (C=O) groups is 3.